The van der Waals surface area contributed by atoms with Crippen LogP contribution >= 0.6 is 0 Å². The molecule has 0 saturated carbocycles. The highest BCUT2D eigenvalue weighted by Gasteiger charge is 2.34. The molecule has 110 valence electrons. The summed E-state index contributed by atoms with van der Waals surface area (Å²) in [5.41, 5.74) is -1.60. The number of hydrogen-bond acceptors (Lipinski definition) is 2. The maximum Gasteiger partial charge on any atom is 0.419 e. The van der Waals surface area contributed by atoms with E-state index in [-0.39, 0.29) is 17.1 Å². The lowest BCUT2D eigenvalue weighted by Gasteiger charge is -2.11. The van der Waals surface area contributed by atoms with E-state index >= 15 is 0 Å². The molecule has 0 bridgehead atoms. The molecule has 21 heavy (non-hydrogen) atoms. The maximum absolute atomic E-state index is 13.4. The van der Waals surface area contributed by atoms with E-state index in [1.807, 2.05) is 0 Å². The Morgan fingerprint density at radius 3 is 2.33 bits per heavy atom. The van der Waals surface area contributed by atoms with E-state index in [4.69, 9.17) is 9.84 Å². The van der Waals surface area contributed by atoms with E-state index in [1.165, 1.54) is 24.3 Å². The van der Waals surface area contributed by atoms with E-state index in [0.29, 0.717) is 12.1 Å². The molecule has 1 N–H and O–H groups in total. The van der Waals surface area contributed by atoms with Gasteiger partial charge in [-0.05, 0) is 24.3 Å². The standard InChI is InChI=1S/C14H8F4O3/c15-11-7-8(5-6-10(11)14(16,17)18)21-12-4-2-1-3-9(12)13(19)20/h1-7H,(H,19,20). The lowest BCUT2D eigenvalue weighted by molar-refractivity contribution is -0.140. The predicted molar refractivity (Wildman–Crippen MR) is 64.9 cm³/mol. The Hall–Kier alpha value is -2.57. The average Bonchev–Trinajstić information content (AvgIpc) is 2.37. The number of halogens is 4. The van der Waals surface area contributed by atoms with Crippen molar-refractivity contribution in [3.63, 3.8) is 0 Å². The predicted octanol–water partition coefficient (Wildman–Crippen LogP) is 4.34. The topological polar surface area (TPSA) is 46.5 Å². The summed E-state index contributed by atoms with van der Waals surface area (Å²) >= 11 is 0. The molecule has 0 fully saturated rings. The minimum Gasteiger partial charge on any atom is -0.478 e. The molecule has 0 aliphatic rings. The Morgan fingerprint density at radius 1 is 1.10 bits per heavy atom. The number of para-hydroxylation sites is 1. The molecule has 0 spiro atoms. The molecule has 7 heteroatoms. The van der Waals surface area contributed by atoms with Crippen LogP contribution in [0.25, 0.3) is 0 Å². The SMILES string of the molecule is O=C(O)c1ccccc1Oc1ccc(C(F)(F)F)c(F)c1. The van der Waals surface area contributed by atoms with Crippen molar-refractivity contribution >= 4 is 5.97 Å². The first-order chi connectivity index (χ1) is 9.79. The first-order valence-corrected chi connectivity index (χ1v) is 5.66. The number of alkyl halides is 3. The Balaban J connectivity index is 2.34. The van der Waals surface area contributed by atoms with Gasteiger partial charge >= 0.3 is 12.1 Å². The molecule has 2 aromatic carbocycles. The van der Waals surface area contributed by atoms with Gasteiger partial charge in [0.25, 0.3) is 0 Å². The lowest BCUT2D eigenvalue weighted by Crippen LogP contribution is -2.08. The largest absolute Gasteiger partial charge is 0.478 e. The Bertz CT molecular complexity index is 680. The van der Waals surface area contributed by atoms with Crippen molar-refractivity contribution in [1.82, 2.24) is 0 Å². The summed E-state index contributed by atoms with van der Waals surface area (Å²) in [5.74, 6) is -3.08. The highest BCUT2D eigenvalue weighted by Crippen LogP contribution is 2.34. The van der Waals surface area contributed by atoms with Crippen molar-refractivity contribution in [3.05, 3.63) is 59.4 Å². The summed E-state index contributed by atoms with van der Waals surface area (Å²) in [6, 6.07) is 7.54. The zero-order chi connectivity index (χ0) is 15.6. The number of aromatic carboxylic acids is 1. The molecule has 0 aromatic heterocycles. The third kappa shape index (κ3) is 3.31. The molecule has 0 aliphatic heterocycles. The summed E-state index contributed by atoms with van der Waals surface area (Å²) < 4.78 is 55.8. The van der Waals surface area contributed by atoms with Crippen molar-refractivity contribution < 1.29 is 32.2 Å². The van der Waals surface area contributed by atoms with Crippen molar-refractivity contribution in [2.75, 3.05) is 0 Å². The van der Waals surface area contributed by atoms with Crippen LogP contribution in [0.5, 0.6) is 11.5 Å². The van der Waals surface area contributed by atoms with Crippen LogP contribution in [0.2, 0.25) is 0 Å². The summed E-state index contributed by atoms with van der Waals surface area (Å²) in [4.78, 5) is 11.0. The minimum atomic E-state index is -4.80. The number of carboxylic acid groups (broad SMARTS) is 1. The fourth-order valence-electron chi connectivity index (χ4n) is 1.65. The molecule has 0 atom stereocenters. The van der Waals surface area contributed by atoms with E-state index in [1.54, 1.807) is 0 Å². The number of ether oxygens (including phenoxy) is 1. The molecule has 0 radical (unpaired) electrons. The van der Waals surface area contributed by atoms with E-state index in [9.17, 15) is 22.4 Å². The molecule has 0 amide bonds. The molecule has 0 aliphatic carbocycles. The zero-order valence-corrected chi connectivity index (χ0v) is 10.3. The van der Waals surface area contributed by atoms with Gasteiger partial charge in [-0.1, -0.05) is 12.1 Å². The molecular formula is C14H8F4O3. The van der Waals surface area contributed by atoms with Gasteiger partial charge in [0.2, 0.25) is 0 Å². The van der Waals surface area contributed by atoms with Crippen molar-refractivity contribution in [2.24, 2.45) is 0 Å². The number of carbonyl (C=O) groups is 1. The molecule has 2 aromatic rings. The van der Waals surface area contributed by atoms with Crippen LogP contribution in [0.4, 0.5) is 17.6 Å². The summed E-state index contributed by atoms with van der Waals surface area (Å²) in [6.45, 7) is 0. The van der Waals surface area contributed by atoms with Crippen molar-refractivity contribution in [1.29, 1.82) is 0 Å². The maximum atomic E-state index is 13.4. The van der Waals surface area contributed by atoms with Crippen LogP contribution in [0, 0.1) is 5.82 Å². The van der Waals surface area contributed by atoms with Crippen molar-refractivity contribution in [2.45, 2.75) is 6.18 Å². The summed E-state index contributed by atoms with van der Waals surface area (Å²) in [6.07, 6.45) is -4.80. The monoisotopic (exact) mass is 300 g/mol. The number of rotatable bonds is 3. The normalized spacial score (nSPS) is 11.2. The highest BCUT2D eigenvalue weighted by atomic mass is 19.4. The van der Waals surface area contributed by atoms with Crippen LogP contribution in [0.1, 0.15) is 15.9 Å². The zero-order valence-electron chi connectivity index (χ0n) is 10.3. The molecule has 0 saturated heterocycles. The van der Waals surface area contributed by atoms with Gasteiger partial charge in [-0.2, -0.15) is 13.2 Å². The van der Waals surface area contributed by atoms with Crippen LogP contribution < -0.4 is 4.74 Å². The van der Waals surface area contributed by atoms with Gasteiger partial charge in [0.1, 0.15) is 22.9 Å². The first-order valence-electron chi connectivity index (χ1n) is 5.66. The lowest BCUT2D eigenvalue weighted by atomic mass is 10.2. The number of carboxylic acids is 1. The van der Waals surface area contributed by atoms with E-state index in [2.05, 4.69) is 0 Å². The Labute approximate surface area is 116 Å². The van der Waals surface area contributed by atoms with Crippen LogP contribution in [0.3, 0.4) is 0 Å². The molecule has 0 heterocycles. The second-order valence-corrected chi connectivity index (χ2v) is 4.04. The summed E-state index contributed by atoms with van der Waals surface area (Å²) in [7, 11) is 0. The van der Waals surface area contributed by atoms with Crippen molar-refractivity contribution in [3.8, 4) is 11.5 Å². The number of hydrogen-bond donors (Lipinski definition) is 1. The molecule has 0 unspecified atom stereocenters. The van der Waals surface area contributed by atoms with Gasteiger partial charge in [-0.15, -0.1) is 0 Å². The summed E-state index contributed by atoms with van der Waals surface area (Å²) in [5, 5.41) is 8.95. The fraction of sp³-hybridized carbons (Fsp3) is 0.0714. The fourth-order valence-corrected chi connectivity index (χ4v) is 1.65. The quantitative estimate of drug-likeness (QED) is 0.858. The molecule has 2 rings (SSSR count). The second-order valence-electron chi connectivity index (χ2n) is 4.04. The van der Waals surface area contributed by atoms with Gasteiger partial charge in [0.15, 0.2) is 0 Å². The Kier molecular flexibility index (Phi) is 3.84. The highest BCUT2D eigenvalue weighted by molar-refractivity contribution is 5.90. The van der Waals surface area contributed by atoms with Gasteiger partial charge in [0, 0.05) is 6.07 Å². The minimum absolute atomic E-state index is 0.0934. The second kappa shape index (κ2) is 5.43. The molecule has 3 nitrogen and oxygen atoms in total. The Morgan fingerprint density at radius 2 is 1.76 bits per heavy atom. The van der Waals surface area contributed by atoms with Crippen LogP contribution in [-0.2, 0) is 6.18 Å². The third-order valence-electron chi connectivity index (χ3n) is 2.59. The first kappa shape index (κ1) is 14.8. The average molecular weight is 300 g/mol. The van der Waals surface area contributed by atoms with Gasteiger partial charge < -0.3 is 9.84 Å². The van der Waals surface area contributed by atoms with E-state index in [0.717, 1.165) is 6.07 Å². The van der Waals surface area contributed by atoms with E-state index < -0.39 is 23.5 Å². The van der Waals surface area contributed by atoms with Gasteiger partial charge in [0.05, 0.1) is 5.56 Å². The smallest absolute Gasteiger partial charge is 0.419 e. The van der Waals surface area contributed by atoms with Gasteiger partial charge in [-0.3, -0.25) is 0 Å². The van der Waals surface area contributed by atoms with Crippen LogP contribution in [0.15, 0.2) is 42.5 Å². The van der Waals surface area contributed by atoms with Gasteiger partial charge in [-0.25, -0.2) is 9.18 Å². The molecular weight excluding hydrogens is 292 g/mol. The third-order valence-corrected chi connectivity index (χ3v) is 2.59. The van der Waals surface area contributed by atoms with Crippen LogP contribution in [-0.4, -0.2) is 11.1 Å². The number of benzene rings is 2.